The second-order valence-electron chi connectivity index (χ2n) is 5.78. The SMILES string of the molecule is CCCCOP(=O)(OCCCC)c1cc([N+](=O)[O-])ccc1NC(=O)C(F)(F)F. The monoisotopic (exact) mass is 426 g/mol. The van der Waals surface area contributed by atoms with E-state index in [9.17, 15) is 32.6 Å². The highest BCUT2D eigenvalue weighted by Gasteiger charge is 2.40. The minimum absolute atomic E-state index is 0.0325. The fourth-order valence-electron chi connectivity index (χ4n) is 1.99. The van der Waals surface area contributed by atoms with Gasteiger partial charge in [-0.15, -0.1) is 0 Å². The van der Waals surface area contributed by atoms with E-state index in [4.69, 9.17) is 9.05 Å². The fraction of sp³-hybridized carbons (Fsp3) is 0.562. The van der Waals surface area contributed by atoms with Crippen LogP contribution in [0.25, 0.3) is 0 Å². The van der Waals surface area contributed by atoms with E-state index in [-0.39, 0.29) is 13.2 Å². The summed E-state index contributed by atoms with van der Waals surface area (Å²) < 4.78 is 61.8. The molecule has 0 aliphatic rings. The molecule has 0 saturated carbocycles. The van der Waals surface area contributed by atoms with Crippen LogP contribution in [-0.2, 0) is 18.4 Å². The molecular formula is C16H22F3N2O6P. The molecule has 1 aromatic carbocycles. The van der Waals surface area contributed by atoms with Gasteiger partial charge in [0.05, 0.1) is 29.1 Å². The van der Waals surface area contributed by atoms with Crippen molar-refractivity contribution in [2.24, 2.45) is 0 Å². The maximum atomic E-state index is 13.3. The zero-order valence-electron chi connectivity index (χ0n) is 15.5. The Morgan fingerprint density at radius 2 is 1.71 bits per heavy atom. The molecule has 8 nitrogen and oxygen atoms in total. The molecule has 0 radical (unpaired) electrons. The summed E-state index contributed by atoms with van der Waals surface area (Å²) >= 11 is 0. The first kappa shape index (κ1) is 24.1. The Hall–Kier alpha value is -1.97. The van der Waals surface area contributed by atoms with Crippen LogP contribution in [0.2, 0.25) is 0 Å². The highest BCUT2D eigenvalue weighted by molar-refractivity contribution is 7.62. The van der Waals surface area contributed by atoms with E-state index in [1.807, 2.05) is 13.8 Å². The molecule has 0 spiro atoms. The van der Waals surface area contributed by atoms with Crippen LogP contribution >= 0.6 is 7.60 Å². The first-order valence-corrected chi connectivity index (χ1v) is 10.2. The number of hydrogen-bond donors (Lipinski definition) is 1. The number of anilines is 1. The smallest absolute Gasteiger partial charge is 0.317 e. The molecule has 28 heavy (non-hydrogen) atoms. The largest absolute Gasteiger partial charge is 0.471 e. The summed E-state index contributed by atoms with van der Waals surface area (Å²) in [5, 5.41) is 12.2. The van der Waals surface area contributed by atoms with Crippen molar-refractivity contribution in [1.29, 1.82) is 0 Å². The highest BCUT2D eigenvalue weighted by atomic mass is 31.2. The number of nitrogens with zero attached hydrogens (tertiary/aromatic N) is 1. The van der Waals surface area contributed by atoms with Crippen molar-refractivity contribution >= 4 is 30.2 Å². The molecule has 0 fully saturated rings. The molecule has 0 aromatic heterocycles. The fourth-order valence-corrected chi connectivity index (χ4v) is 3.80. The first-order chi connectivity index (χ1) is 13.0. The Morgan fingerprint density at radius 1 is 1.18 bits per heavy atom. The minimum Gasteiger partial charge on any atom is -0.317 e. The van der Waals surface area contributed by atoms with E-state index in [1.165, 1.54) is 0 Å². The Balaban J connectivity index is 3.40. The molecule has 0 bridgehead atoms. The van der Waals surface area contributed by atoms with Crippen molar-refractivity contribution in [3.63, 3.8) is 0 Å². The third-order valence-corrected chi connectivity index (χ3v) is 5.52. The lowest BCUT2D eigenvalue weighted by atomic mass is 10.3. The van der Waals surface area contributed by atoms with E-state index in [1.54, 1.807) is 5.32 Å². The Morgan fingerprint density at radius 3 is 2.14 bits per heavy atom. The molecule has 0 aliphatic heterocycles. The molecule has 0 unspecified atom stereocenters. The summed E-state index contributed by atoms with van der Waals surface area (Å²) in [5.41, 5.74) is -1.05. The van der Waals surface area contributed by atoms with Gasteiger partial charge in [0.1, 0.15) is 0 Å². The quantitative estimate of drug-likeness (QED) is 0.241. The van der Waals surface area contributed by atoms with Crippen molar-refractivity contribution in [1.82, 2.24) is 0 Å². The Labute approximate surface area is 160 Å². The zero-order valence-corrected chi connectivity index (χ0v) is 16.3. The van der Waals surface area contributed by atoms with Gasteiger partial charge in [0, 0.05) is 12.1 Å². The number of hydrogen-bond acceptors (Lipinski definition) is 6. The van der Waals surface area contributed by atoms with E-state index < -0.39 is 41.3 Å². The van der Waals surface area contributed by atoms with Gasteiger partial charge in [-0.25, -0.2) is 0 Å². The second-order valence-corrected chi connectivity index (χ2v) is 7.77. The number of rotatable bonds is 11. The van der Waals surface area contributed by atoms with E-state index in [0.29, 0.717) is 25.7 Å². The third-order valence-electron chi connectivity index (χ3n) is 3.51. The third kappa shape index (κ3) is 6.88. The van der Waals surface area contributed by atoms with Crippen LogP contribution in [0.15, 0.2) is 18.2 Å². The van der Waals surface area contributed by atoms with E-state index in [0.717, 1.165) is 18.2 Å². The molecule has 0 atom stereocenters. The van der Waals surface area contributed by atoms with Crippen LogP contribution in [0.1, 0.15) is 39.5 Å². The summed E-state index contributed by atoms with van der Waals surface area (Å²) in [4.78, 5) is 21.6. The molecular weight excluding hydrogens is 404 g/mol. The molecule has 1 rings (SSSR count). The summed E-state index contributed by atoms with van der Waals surface area (Å²) in [5.74, 6) is -2.31. The zero-order chi connectivity index (χ0) is 21.4. The van der Waals surface area contributed by atoms with Crippen LogP contribution in [-0.4, -0.2) is 30.2 Å². The summed E-state index contributed by atoms with van der Waals surface area (Å²) in [6.07, 6.45) is -2.86. The van der Waals surface area contributed by atoms with Crippen LogP contribution in [0.3, 0.4) is 0 Å². The predicted molar refractivity (Wildman–Crippen MR) is 96.7 cm³/mol. The molecule has 0 heterocycles. The van der Waals surface area contributed by atoms with Crippen molar-refractivity contribution in [2.45, 2.75) is 45.7 Å². The van der Waals surface area contributed by atoms with Gasteiger partial charge >= 0.3 is 19.7 Å². The number of amides is 1. The van der Waals surface area contributed by atoms with Crippen molar-refractivity contribution in [3.8, 4) is 0 Å². The summed E-state index contributed by atoms with van der Waals surface area (Å²) in [6.45, 7) is 3.62. The number of carbonyl (C=O) groups excluding carboxylic acids is 1. The lowest BCUT2D eigenvalue weighted by molar-refractivity contribution is -0.384. The van der Waals surface area contributed by atoms with Crippen molar-refractivity contribution < 1.29 is 36.5 Å². The van der Waals surface area contributed by atoms with Crippen LogP contribution in [0.5, 0.6) is 0 Å². The topological polar surface area (TPSA) is 108 Å². The molecule has 1 N–H and O–H groups in total. The number of alkyl halides is 3. The van der Waals surface area contributed by atoms with E-state index >= 15 is 0 Å². The predicted octanol–water partition coefficient (Wildman–Crippen LogP) is 4.55. The Kier molecular flexibility index (Phi) is 9.06. The highest BCUT2D eigenvalue weighted by Crippen LogP contribution is 2.50. The van der Waals surface area contributed by atoms with Gasteiger partial charge in [0.25, 0.3) is 5.69 Å². The van der Waals surface area contributed by atoms with Crippen LogP contribution in [0, 0.1) is 10.1 Å². The van der Waals surface area contributed by atoms with Gasteiger partial charge < -0.3 is 14.4 Å². The molecule has 12 heteroatoms. The molecule has 0 saturated heterocycles. The molecule has 1 aromatic rings. The van der Waals surface area contributed by atoms with Crippen LogP contribution in [0.4, 0.5) is 24.5 Å². The van der Waals surface area contributed by atoms with Gasteiger partial charge in [0.15, 0.2) is 0 Å². The second kappa shape index (κ2) is 10.5. The van der Waals surface area contributed by atoms with Gasteiger partial charge in [-0.2, -0.15) is 13.2 Å². The first-order valence-electron chi connectivity index (χ1n) is 8.61. The van der Waals surface area contributed by atoms with Gasteiger partial charge in [-0.3, -0.25) is 19.5 Å². The number of carbonyl (C=O) groups is 1. The molecule has 1 amide bonds. The normalized spacial score (nSPS) is 12.0. The average Bonchev–Trinajstić information content (AvgIpc) is 2.61. The van der Waals surface area contributed by atoms with Gasteiger partial charge in [-0.05, 0) is 18.9 Å². The van der Waals surface area contributed by atoms with Gasteiger partial charge in [0.2, 0.25) is 0 Å². The Bertz CT molecular complexity index is 728. The number of nitro benzene ring substituents is 1. The van der Waals surface area contributed by atoms with E-state index in [2.05, 4.69) is 0 Å². The maximum Gasteiger partial charge on any atom is 0.471 e. The number of nitrogens with one attached hydrogen (secondary N) is 1. The number of unbranched alkanes of at least 4 members (excludes halogenated alkanes) is 2. The molecule has 0 aliphatic carbocycles. The maximum absolute atomic E-state index is 13.3. The number of non-ortho nitro benzene ring substituents is 1. The lowest BCUT2D eigenvalue weighted by Crippen LogP contribution is -2.32. The van der Waals surface area contributed by atoms with Gasteiger partial charge in [-0.1, -0.05) is 26.7 Å². The summed E-state index contributed by atoms with van der Waals surface area (Å²) in [6, 6.07) is 2.55. The molecule has 158 valence electrons. The van der Waals surface area contributed by atoms with Crippen LogP contribution < -0.4 is 10.6 Å². The van der Waals surface area contributed by atoms with Crippen molar-refractivity contribution in [2.75, 3.05) is 18.5 Å². The number of benzene rings is 1. The number of halogens is 3. The minimum atomic E-state index is -5.20. The lowest BCUT2D eigenvalue weighted by Gasteiger charge is -2.21. The summed E-state index contributed by atoms with van der Waals surface area (Å²) in [7, 11) is -4.23. The van der Waals surface area contributed by atoms with Crippen molar-refractivity contribution in [3.05, 3.63) is 28.3 Å². The average molecular weight is 426 g/mol. The number of nitro groups is 1. The standard InChI is InChI=1S/C16H22F3N2O6P/c1-3-5-9-26-28(25,27-10-6-4-2)14-11-12(21(23)24)7-8-13(14)20-15(22)16(17,18)19/h7-8,11H,3-6,9-10H2,1-2H3,(H,20,22).